The van der Waals surface area contributed by atoms with E-state index in [4.69, 9.17) is 27.9 Å². The molecule has 0 spiro atoms. The summed E-state index contributed by atoms with van der Waals surface area (Å²) in [7, 11) is 0. The monoisotopic (exact) mass is 532 g/mol. The minimum Gasteiger partial charge on any atom is -0.487 e. The van der Waals surface area contributed by atoms with Crippen molar-refractivity contribution in [3.63, 3.8) is 0 Å². The average Bonchev–Trinajstić information content (AvgIpc) is 3.68. The van der Waals surface area contributed by atoms with E-state index in [0.717, 1.165) is 40.7 Å². The Morgan fingerprint density at radius 1 is 1.00 bits per heavy atom. The van der Waals surface area contributed by atoms with Crippen LogP contribution >= 0.6 is 23.2 Å². The van der Waals surface area contributed by atoms with Crippen LogP contribution in [-0.4, -0.2) is 26.4 Å². The zero-order valence-corrected chi connectivity index (χ0v) is 21.9. The smallest absolute Gasteiger partial charge is 0.204 e. The van der Waals surface area contributed by atoms with Crippen LogP contribution < -0.4 is 4.74 Å². The molecular weight excluding hydrogens is 507 g/mol. The van der Waals surface area contributed by atoms with Crippen molar-refractivity contribution in [1.29, 1.82) is 0 Å². The van der Waals surface area contributed by atoms with E-state index in [0.29, 0.717) is 46.1 Å². The molecule has 0 bridgehead atoms. The Morgan fingerprint density at radius 2 is 1.73 bits per heavy atom. The summed E-state index contributed by atoms with van der Waals surface area (Å²) >= 11 is 13.3. The van der Waals surface area contributed by atoms with Crippen molar-refractivity contribution in [2.45, 2.75) is 45.6 Å². The molecule has 1 fully saturated rings. The molecule has 8 heteroatoms. The Kier molecular flexibility index (Phi) is 6.25. The minimum absolute atomic E-state index is 0.128. The molecule has 4 aromatic rings. The highest BCUT2D eigenvalue weighted by atomic mass is 35.5. The molecule has 2 aliphatic rings. The second-order valence-corrected chi connectivity index (χ2v) is 11.0. The first-order chi connectivity index (χ1) is 17.9. The Morgan fingerprint density at radius 3 is 2.49 bits per heavy atom. The fraction of sp³-hybridized carbons (Fsp3) is 0.310. The van der Waals surface area contributed by atoms with Crippen LogP contribution in [0.3, 0.4) is 0 Å². The van der Waals surface area contributed by atoms with Crippen LogP contribution in [0.25, 0.3) is 22.5 Å². The lowest BCUT2D eigenvalue weighted by Crippen LogP contribution is -2.32. The van der Waals surface area contributed by atoms with E-state index in [9.17, 15) is 4.79 Å². The zero-order chi connectivity index (χ0) is 25.6. The van der Waals surface area contributed by atoms with Gasteiger partial charge < -0.3 is 4.74 Å². The second kappa shape index (κ2) is 9.58. The van der Waals surface area contributed by atoms with E-state index in [1.165, 1.54) is 12.8 Å². The van der Waals surface area contributed by atoms with Crippen molar-refractivity contribution in [2.75, 3.05) is 0 Å². The number of rotatable bonds is 6. The van der Waals surface area contributed by atoms with Crippen molar-refractivity contribution in [1.82, 2.24) is 20.6 Å². The van der Waals surface area contributed by atoms with Crippen LogP contribution in [0, 0.1) is 11.3 Å². The number of hydrogen-bond acceptors (Lipinski definition) is 5. The summed E-state index contributed by atoms with van der Waals surface area (Å²) in [5.74, 6) is 1.59. The van der Waals surface area contributed by atoms with Gasteiger partial charge in [-0.15, -0.1) is 10.2 Å². The van der Waals surface area contributed by atoms with Gasteiger partial charge in [0, 0.05) is 16.5 Å². The largest absolute Gasteiger partial charge is 0.487 e. The van der Waals surface area contributed by atoms with Crippen molar-refractivity contribution in [2.24, 2.45) is 11.3 Å². The normalized spacial score (nSPS) is 19.4. The van der Waals surface area contributed by atoms with E-state index >= 15 is 0 Å². The predicted molar refractivity (Wildman–Crippen MR) is 144 cm³/mol. The number of ketones is 1. The van der Waals surface area contributed by atoms with Gasteiger partial charge in [0.2, 0.25) is 5.82 Å². The fourth-order valence-electron chi connectivity index (χ4n) is 5.92. The van der Waals surface area contributed by atoms with Crippen molar-refractivity contribution in [3.05, 3.63) is 81.3 Å². The summed E-state index contributed by atoms with van der Waals surface area (Å²) in [6.07, 6.45) is 5.25. The number of aromatic nitrogens is 4. The highest BCUT2D eigenvalue weighted by molar-refractivity contribution is 6.45. The molecule has 0 radical (unpaired) electrons. The van der Waals surface area contributed by atoms with E-state index < -0.39 is 5.41 Å². The molecule has 1 atom stereocenters. The maximum Gasteiger partial charge on any atom is 0.204 e. The molecule has 1 saturated carbocycles. The first-order valence-electron chi connectivity index (χ1n) is 12.6. The maximum atomic E-state index is 13.4. The van der Waals surface area contributed by atoms with E-state index in [1.54, 1.807) is 0 Å². The lowest BCUT2D eigenvalue weighted by atomic mass is 9.73. The highest BCUT2D eigenvalue weighted by Gasteiger charge is 2.49. The standard InChI is InChI=1S/C29H26Cl2N4O2/c1-29(22-10-2-3-11-22)15-21-14-23(25(30)26(31)24(21)27(29)36)37-16-17-6-4-7-18(12-17)19-8-5-9-20(13-19)28-32-34-35-33-28/h4-9,12-14,22H,2-3,10-11,15-16H2,1H3,(H,32,33,34,35). The minimum atomic E-state index is -0.408. The number of halogens is 2. The molecule has 0 saturated heterocycles. The fourth-order valence-corrected chi connectivity index (χ4v) is 6.42. The summed E-state index contributed by atoms with van der Waals surface area (Å²) in [4.78, 5) is 13.4. The lowest BCUT2D eigenvalue weighted by Gasteiger charge is -2.29. The number of H-pyrrole nitrogens is 1. The van der Waals surface area contributed by atoms with Crippen LogP contribution in [0.15, 0.2) is 54.6 Å². The van der Waals surface area contributed by atoms with E-state index in [-0.39, 0.29) is 5.78 Å². The van der Waals surface area contributed by atoms with Crippen LogP contribution in [0.2, 0.25) is 10.0 Å². The number of ether oxygens (including phenoxy) is 1. The number of carbonyl (C=O) groups excluding carboxylic acids is 1. The van der Waals surface area contributed by atoms with Gasteiger partial charge in [0.05, 0.1) is 5.02 Å². The molecule has 37 heavy (non-hydrogen) atoms. The number of benzene rings is 3. The molecule has 0 aliphatic heterocycles. The van der Waals surface area contributed by atoms with Crippen LogP contribution in [0.4, 0.5) is 0 Å². The molecular formula is C29H26Cl2N4O2. The van der Waals surface area contributed by atoms with Gasteiger partial charge in [-0.25, -0.2) is 0 Å². The first kappa shape index (κ1) is 24.1. The third kappa shape index (κ3) is 4.32. The molecule has 6 nitrogen and oxygen atoms in total. The van der Waals surface area contributed by atoms with Gasteiger partial charge in [-0.1, -0.05) is 79.4 Å². The molecule has 1 N–H and O–H groups in total. The Bertz CT molecular complexity index is 1480. The Balaban J connectivity index is 1.23. The van der Waals surface area contributed by atoms with Gasteiger partial charge in [-0.2, -0.15) is 5.21 Å². The summed E-state index contributed by atoms with van der Waals surface area (Å²) < 4.78 is 6.17. The van der Waals surface area contributed by atoms with Gasteiger partial charge in [0.25, 0.3) is 0 Å². The quantitative estimate of drug-likeness (QED) is 0.280. The number of hydrogen-bond donors (Lipinski definition) is 1. The number of aromatic amines is 1. The number of carbonyl (C=O) groups is 1. The van der Waals surface area contributed by atoms with E-state index in [1.807, 2.05) is 48.5 Å². The topological polar surface area (TPSA) is 80.8 Å². The Labute approximate surface area is 225 Å². The number of nitrogens with one attached hydrogen (secondary N) is 1. The van der Waals surface area contributed by atoms with Gasteiger partial charge in [-0.05, 0) is 70.8 Å². The zero-order valence-electron chi connectivity index (χ0n) is 20.4. The summed E-state index contributed by atoms with van der Waals surface area (Å²) in [5, 5.41) is 14.9. The van der Waals surface area contributed by atoms with Crippen molar-refractivity contribution < 1.29 is 9.53 Å². The van der Waals surface area contributed by atoms with Crippen LogP contribution in [0.5, 0.6) is 5.75 Å². The number of fused-ring (bicyclic) bond motifs is 1. The average molecular weight is 533 g/mol. The molecule has 1 unspecified atom stereocenters. The number of nitrogens with zero attached hydrogens (tertiary/aromatic N) is 3. The molecule has 1 heterocycles. The van der Waals surface area contributed by atoms with Gasteiger partial charge in [0.1, 0.15) is 17.4 Å². The molecule has 1 aromatic heterocycles. The SMILES string of the molecule is CC1(C2CCCC2)Cc2cc(OCc3cccc(-c4cccc(-c5nn[nH]n5)c4)c3)c(Cl)c(Cl)c2C1=O. The third-order valence-electron chi connectivity index (χ3n) is 7.94. The Hall–Kier alpha value is -3.22. The summed E-state index contributed by atoms with van der Waals surface area (Å²) in [6.45, 7) is 2.41. The van der Waals surface area contributed by atoms with Gasteiger partial charge in [-0.3, -0.25) is 4.79 Å². The molecule has 3 aromatic carbocycles. The summed E-state index contributed by atoms with van der Waals surface area (Å²) in [6, 6.07) is 18.0. The second-order valence-electron chi connectivity index (χ2n) is 10.2. The van der Waals surface area contributed by atoms with E-state index in [2.05, 4.69) is 33.6 Å². The number of Topliss-reactive ketones (excluding diaryl/α,β-unsaturated/α-hetero) is 1. The molecule has 0 amide bonds. The molecule has 2 aliphatic carbocycles. The lowest BCUT2D eigenvalue weighted by molar-refractivity contribution is 0.0744. The summed E-state index contributed by atoms with van der Waals surface area (Å²) in [5.41, 5.74) is 5.06. The highest BCUT2D eigenvalue weighted by Crippen LogP contribution is 2.52. The van der Waals surface area contributed by atoms with Crippen molar-refractivity contribution in [3.8, 4) is 28.3 Å². The first-order valence-corrected chi connectivity index (χ1v) is 13.3. The van der Waals surface area contributed by atoms with Crippen molar-refractivity contribution >= 4 is 29.0 Å². The van der Waals surface area contributed by atoms with Crippen LogP contribution in [-0.2, 0) is 13.0 Å². The van der Waals surface area contributed by atoms with Gasteiger partial charge in [0.15, 0.2) is 5.78 Å². The van der Waals surface area contributed by atoms with Gasteiger partial charge >= 0.3 is 0 Å². The number of tetrazole rings is 1. The van der Waals surface area contributed by atoms with Crippen LogP contribution in [0.1, 0.15) is 54.1 Å². The maximum absolute atomic E-state index is 13.4. The molecule has 6 rings (SSSR count). The third-order valence-corrected chi connectivity index (χ3v) is 8.79. The molecule has 188 valence electrons. The predicted octanol–water partition coefficient (Wildman–Crippen LogP) is 7.35.